The summed E-state index contributed by atoms with van der Waals surface area (Å²) in [4.78, 5) is 30.3. The molecule has 4 rings (SSSR count). The summed E-state index contributed by atoms with van der Waals surface area (Å²) >= 11 is 7.33. The van der Waals surface area contributed by atoms with Gasteiger partial charge in [0.1, 0.15) is 5.75 Å². The van der Waals surface area contributed by atoms with Crippen molar-refractivity contribution in [2.75, 3.05) is 23.4 Å². The van der Waals surface area contributed by atoms with Gasteiger partial charge >= 0.3 is 0 Å². The highest BCUT2D eigenvalue weighted by Gasteiger charge is 2.25. The summed E-state index contributed by atoms with van der Waals surface area (Å²) in [5.41, 5.74) is 1.47. The van der Waals surface area contributed by atoms with E-state index in [1.807, 2.05) is 30.3 Å². The van der Waals surface area contributed by atoms with Gasteiger partial charge in [0.2, 0.25) is 5.91 Å². The number of carbonyl (C=O) groups is 2. The van der Waals surface area contributed by atoms with Gasteiger partial charge in [0.15, 0.2) is 11.7 Å². The molecule has 1 aliphatic rings. The minimum Gasteiger partial charge on any atom is -0.482 e. The van der Waals surface area contributed by atoms with Crippen LogP contribution in [-0.4, -0.2) is 29.9 Å². The van der Waals surface area contributed by atoms with Crippen LogP contribution in [0.15, 0.2) is 42.5 Å². The number of fused-ring (bicyclic) bond motifs is 2. The van der Waals surface area contributed by atoms with Crippen LogP contribution >= 0.6 is 22.9 Å². The van der Waals surface area contributed by atoms with Gasteiger partial charge in [-0.05, 0) is 30.3 Å². The van der Waals surface area contributed by atoms with E-state index in [9.17, 15) is 9.59 Å². The highest BCUT2D eigenvalue weighted by atomic mass is 35.5. The average Bonchev–Trinajstić information content (AvgIpc) is 3.02. The number of aromatic nitrogens is 1. The molecule has 3 aromatic rings. The average molecular weight is 388 g/mol. The standard InChI is InChI=1S/C18H14ClN3O3S/c19-11-5-6-12-15(9-11)26-18(20-12)21-16(23)7-8-22-13-3-1-2-4-14(13)25-10-17(22)24/h1-6,9H,7-8,10H2,(H,20,21,23). The largest absolute Gasteiger partial charge is 0.482 e. The second-order valence-corrected chi connectivity index (χ2v) is 7.20. The lowest BCUT2D eigenvalue weighted by Crippen LogP contribution is -2.40. The van der Waals surface area contributed by atoms with Gasteiger partial charge in [-0.2, -0.15) is 0 Å². The van der Waals surface area contributed by atoms with Crippen LogP contribution in [0.1, 0.15) is 6.42 Å². The van der Waals surface area contributed by atoms with Crippen LogP contribution in [0.25, 0.3) is 10.2 Å². The lowest BCUT2D eigenvalue weighted by atomic mass is 10.2. The molecule has 2 amide bonds. The summed E-state index contributed by atoms with van der Waals surface area (Å²) < 4.78 is 6.31. The van der Waals surface area contributed by atoms with Crippen molar-refractivity contribution in [3.63, 3.8) is 0 Å². The molecule has 0 saturated heterocycles. The first-order valence-corrected chi connectivity index (χ1v) is 9.18. The number of halogens is 1. The fourth-order valence-corrected chi connectivity index (χ4v) is 3.90. The van der Waals surface area contributed by atoms with E-state index in [1.165, 1.54) is 11.3 Å². The number of anilines is 2. The summed E-state index contributed by atoms with van der Waals surface area (Å²) in [6.07, 6.45) is 0.163. The molecule has 0 saturated carbocycles. The molecule has 1 aliphatic heterocycles. The number of thiazole rings is 1. The first-order chi connectivity index (χ1) is 12.6. The molecule has 0 unspecified atom stereocenters. The number of rotatable bonds is 4. The Hall–Kier alpha value is -2.64. The zero-order valence-corrected chi connectivity index (χ0v) is 15.1. The van der Waals surface area contributed by atoms with E-state index < -0.39 is 0 Å². The fraction of sp³-hybridized carbons (Fsp3) is 0.167. The van der Waals surface area contributed by atoms with Gasteiger partial charge in [-0.1, -0.05) is 35.1 Å². The van der Waals surface area contributed by atoms with E-state index in [-0.39, 0.29) is 31.4 Å². The van der Waals surface area contributed by atoms with Crippen molar-refractivity contribution in [2.45, 2.75) is 6.42 Å². The maximum absolute atomic E-state index is 12.3. The third-order valence-corrected chi connectivity index (χ3v) is 5.14. The number of nitrogens with one attached hydrogen (secondary N) is 1. The molecule has 0 aliphatic carbocycles. The zero-order valence-electron chi connectivity index (χ0n) is 13.6. The number of nitrogens with zero attached hydrogens (tertiary/aromatic N) is 2. The smallest absolute Gasteiger partial charge is 0.265 e. The van der Waals surface area contributed by atoms with Crippen LogP contribution in [0.4, 0.5) is 10.8 Å². The number of para-hydroxylation sites is 2. The number of carbonyl (C=O) groups excluding carboxylic acids is 2. The molecular weight excluding hydrogens is 374 g/mol. The molecule has 0 bridgehead atoms. The monoisotopic (exact) mass is 387 g/mol. The molecule has 0 atom stereocenters. The van der Waals surface area contributed by atoms with E-state index in [4.69, 9.17) is 16.3 Å². The summed E-state index contributed by atoms with van der Waals surface area (Å²) in [5.74, 6) is 0.286. The van der Waals surface area contributed by atoms with Crippen LogP contribution in [0.2, 0.25) is 5.02 Å². The van der Waals surface area contributed by atoms with Crippen molar-refractivity contribution in [1.82, 2.24) is 4.98 Å². The Bertz CT molecular complexity index is 1000. The molecule has 1 aromatic heterocycles. The first kappa shape index (κ1) is 16.8. The lowest BCUT2D eigenvalue weighted by molar-refractivity contribution is -0.121. The topological polar surface area (TPSA) is 71.5 Å². The van der Waals surface area contributed by atoms with E-state index in [0.29, 0.717) is 21.6 Å². The zero-order chi connectivity index (χ0) is 18.1. The number of amides is 2. The van der Waals surface area contributed by atoms with Crippen LogP contribution < -0.4 is 15.0 Å². The Kier molecular flexibility index (Phi) is 4.48. The van der Waals surface area contributed by atoms with E-state index in [0.717, 1.165) is 10.2 Å². The number of hydrogen-bond donors (Lipinski definition) is 1. The molecule has 132 valence electrons. The lowest BCUT2D eigenvalue weighted by Gasteiger charge is -2.29. The highest BCUT2D eigenvalue weighted by molar-refractivity contribution is 7.22. The Morgan fingerprint density at radius 1 is 1.31 bits per heavy atom. The predicted molar refractivity (Wildman–Crippen MR) is 102 cm³/mol. The van der Waals surface area contributed by atoms with Crippen LogP contribution in [0.3, 0.4) is 0 Å². The minimum atomic E-state index is -0.202. The predicted octanol–water partition coefficient (Wildman–Crippen LogP) is 3.70. The Balaban J connectivity index is 1.43. The molecule has 2 heterocycles. The summed E-state index contributed by atoms with van der Waals surface area (Å²) in [6.45, 7) is 0.263. The second kappa shape index (κ2) is 6.93. The van der Waals surface area contributed by atoms with Gasteiger partial charge in [0.05, 0.1) is 15.9 Å². The van der Waals surface area contributed by atoms with Crippen LogP contribution in [0.5, 0.6) is 5.75 Å². The molecule has 6 nitrogen and oxygen atoms in total. The fourth-order valence-electron chi connectivity index (χ4n) is 2.75. The quantitative estimate of drug-likeness (QED) is 0.740. The van der Waals surface area contributed by atoms with Crippen molar-refractivity contribution >= 4 is 55.8 Å². The molecule has 0 radical (unpaired) electrons. The van der Waals surface area contributed by atoms with Crippen LogP contribution in [-0.2, 0) is 9.59 Å². The van der Waals surface area contributed by atoms with Gasteiger partial charge < -0.3 is 15.0 Å². The maximum atomic E-state index is 12.3. The van der Waals surface area contributed by atoms with Gasteiger partial charge in [-0.25, -0.2) is 4.98 Å². The summed E-state index contributed by atoms with van der Waals surface area (Å²) in [5, 5.41) is 3.93. The highest BCUT2D eigenvalue weighted by Crippen LogP contribution is 2.32. The summed E-state index contributed by atoms with van der Waals surface area (Å²) in [7, 11) is 0. The van der Waals surface area contributed by atoms with Gasteiger partial charge in [-0.3, -0.25) is 9.59 Å². The number of benzene rings is 2. The van der Waals surface area contributed by atoms with Crippen molar-refractivity contribution in [3.05, 3.63) is 47.5 Å². The van der Waals surface area contributed by atoms with E-state index in [2.05, 4.69) is 10.3 Å². The van der Waals surface area contributed by atoms with Crippen LogP contribution in [0, 0.1) is 0 Å². The third-order valence-electron chi connectivity index (χ3n) is 3.97. The maximum Gasteiger partial charge on any atom is 0.265 e. The van der Waals surface area contributed by atoms with Crippen molar-refractivity contribution in [3.8, 4) is 5.75 Å². The van der Waals surface area contributed by atoms with E-state index >= 15 is 0 Å². The Morgan fingerprint density at radius 2 is 2.15 bits per heavy atom. The molecular formula is C18H14ClN3O3S. The Morgan fingerprint density at radius 3 is 3.04 bits per heavy atom. The first-order valence-electron chi connectivity index (χ1n) is 7.98. The van der Waals surface area contributed by atoms with Gasteiger partial charge in [0.25, 0.3) is 5.91 Å². The van der Waals surface area contributed by atoms with Crippen molar-refractivity contribution in [2.24, 2.45) is 0 Å². The third kappa shape index (κ3) is 3.36. The Labute approximate surface area is 158 Å². The SMILES string of the molecule is O=C(CCN1C(=O)COc2ccccc21)Nc1nc2ccc(Cl)cc2s1. The van der Waals surface area contributed by atoms with Crippen molar-refractivity contribution in [1.29, 1.82) is 0 Å². The second-order valence-electron chi connectivity index (χ2n) is 5.73. The molecule has 2 aromatic carbocycles. The van der Waals surface area contributed by atoms with Gasteiger partial charge in [-0.15, -0.1) is 0 Å². The summed E-state index contributed by atoms with van der Waals surface area (Å²) in [6, 6.07) is 12.7. The van der Waals surface area contributed by atoms with Gasteiger partial charge in [0, 0.05) is 18.0 Å². The molecule has 8 heteroatoms. The number of hydrogen-bond acceptors (Lipinski definition) is 5. The van der Waals surface area contributed by atoms with Crippen molar-refractivity contribution < 1.29 is 14.3 Å². The molecule has 0 spiro atoms. The molecule has 0 fully saturated rings. The number of ether oxygens (including phenoxy) is 1. The molecule has 26 heavy (non-hydrogen) atoms. The normalized spacial score (nSPS) is 13.4. The molecule has 1 N–H and O–H groups in total. The minimum absolute atomic E-state index is 0.0166. The van der Waals surface area contributed by atoms with E-state index in [1.54, 1.807) is 17.0 Å².